The van der Waals surface area contributed by atoms with Gasteiger partial charge in [0.2, 0.25) is 5.91 Å². The molecule has 2 unspecified atom stereocenters. The molecule has 1 amide bonds. The molecule has 1 spiro atoms. The Labute approximate surface area is 267 Å². The predicted octanol–water partition coefficient (Wildman–Crippen LogP) is 6.29. The Balaban J connectivity index is 1.25. The van der Waals surface area contributed by atoms with E-state index in [2.05, 4.69) is 29.6 Å². The molecule has 0 N–H and O–H groups in total. The van der Waals surface area contributed by atoms with Crippen LogP contribution in [0.3, 0.4) is 0 Å². The molecule has 46 heavy (non-hydrogen) atoms. The second kappa shape index (κ2) is 11.3. The SMILES string of the molecule is CC(=O)O[C@@]12CCC(N(CC(C)C)C(=O)/C=C/c3cccc(OC(F)(F)F)c3)C3Oc4cccc5c4[C@@]31CCN(CC1CC1)[C@@H]2C5. The van der Waals surface area contributed by atoms with E-state index in [1.807, 2.05) is 17.0 Å². The topological polar surface area (TPSA) is 68.3 Å². The molecular weight excluding hydrogens is 597 g/mol. The highest BCUT2D eigenvalue weighted by molar-refractivity contribution is 5.92. The van der Waals surface area contributed by atoms with Crippen LogP contribution in [0.25, 0.3) is 6.08 Å². The molecule has 1 saturated heterocycles. The van der Waals surface area contributed by atoms with Crippen LogP contribution in [0.1, 0.15) is 69.6 Å². The summed E-state index contributed by atoms with van der Waals surface area (Å²) in [6, 6.07) is 11.5. The smallest absolute Gasteiger partial charge is 0.487 e. The van der Waals surface area contributed by atoms with E-state index in [9.17, 15) is 22.8 Å². The predicted molar refractivity (Wildman–Crippen MR) is 165 cm³/mol. The summed E-state index contributed by atoms with van der Waals surface area (Å²) in [5, 5.41) is 0. The standard InChI is InChI=1S/C36H41F3N2O5/c1-22(2)20-41(31(43)13-12-24-6-4-8-27(18-24)46-36(37,38)39)28-14-15-35(45-23(3)42)30-19-26-7-5-9-29-32(26)34(35,33(28)44-29)16-17-40(30)21-25-10-11-25/h4-9,12-13,18,22,25,28,30,33H,10-11,14-17,19-21H2,1-3H3/b13-12+/t28?,30-,33?,34+,35-/m1/s1. The van der Waals surface area contributed by atoms with Gasteiger partial charge >= 0.3 is 12.3 Å². The zero-order valence-electron chi connectivity index (χ0n) is 26.5. The van der Waals surface area contributed by atoms with Crippen molar-refractivity contribution in [3.8, 4) is 11.5 Å². The molecule has 10 heteroatoms. The molecule has 5 atom stereocenters. The van der Waals surface area contributed by atoms with Gasteiger partial charge in [-0.05, 0) is 92.3 Å². The van der Waals surface area contributed by atoms with Gasteiger partial charge in [-0.3, -0.25) is 14.5 Å². The van der Waals surface area contributed by atoms with Crippen molar-refractivity contribution in [3.63, 3.8) is 0 Å². The Kier molecular flexibility index (Phi) is 7.65. The van der Waals surface area contributed by atoms with Crippen LogP contribution < -0.4 is 9.47 Å². The maximum atomic E-state index is 14.1. The fourth-order valence-corrected chi connectivity index (χ4v) is 9.04. The van der Waals surface area contributed by atoms with Gasteiger partial charge in [0.25, 0.3) is 0 Å². The normalized spacial score (nSPS) is 29.8. The molecule has 2 aromatic rings. The maximum Gasteiger partial charge on any atom is 0.573 e. The summed E-state index contributed by atoms with van der Waals surface area (Å²) < 4.78 is 56.0. The van der Waals surface area contributed by atoms with Crippen LogP contribution in [0.5, 0.6) is 11.5 Å². The first-order chi connectivity index (χ1) is 21.9. The minimum absolute atomic E-state index is 0.0268. The highest BCUT2D eigenvalue weighted by Gasteiger charge is 2.75. The van der Waals surface area contributed by atoms with Crippen LogP contribution in [0.4, 0.5) is 13.2 Å². The average Bonchev–Trinajstić information content (AvgIpc) is 3.73. The monoisotopic (exact) mass is 638 g/mol. The van der Waals surface area contributed by atoms with Crippen molar-refractivity contribution in [1.29, 1.82) is 0 Å². The molecule has 2 heterocycles. The van der Waals surface area contributed by atoms with Gasteiger partial charge in [-0.25, -0.2) is 0 Å². The average molecular weight is 639 g/mol. The molecule has 2 aromatic carbocycles. The summed E-state index contributed by atoms with van der Waals surface area (Å²) in [4.78, 5) is 31.4. The molecule has 5 aliphatic rings. The lowest BCUT2D eigenvalue weighted by atomic mass is 9.48. The van der Waals surface area contributed by atoms with Gasteiger partial charge in [0.05, 0.1) is 17.5 Å². The first kappa shape index (κ1) is 31.1. The number of likely N-dealkylation sites (tertiary alicyclic amines) is 1. The minimum Gasteiger partial charge on any atom is -0.487 e. The van der Waals surface area contributed by atoms with Gasteiger partial charge in [-0.15, -0.1) is 13.2 Å². The molecule has 0 radical (unpaired) electrons. The van der Waals surface area contributed by atoms with Crippen molar-refractivity contribution in [3.05, 3.63) is 65.2 Å². The van der Waals surface area contributed by atoms with E-state index in [0.29, 0.717) is 30.9 Å². The Morgan fingerprint density at radius 3 is 2.63 bits per heavy atom. The third-order valence-electron chi connectivity index (χ3n) is 10.7. The summed E-state index contributed by atoms with van der Waals surface area (Å²) in [5.41, 5.74) is 1.43. The number of nitrogens with zero attached hydrogens (tertiary/aromatic N) is 2. The number of rotatable bonds is 9. The van der Waals surface area contributed by atoms with Gasteiger partial charge in [0.15, 0.2) is 0 Å². The lowest BCUT2D eigenvalue weighted by Gasteiger charge is -2.65. The van der Waals surface area contributed by atoms with Gasteiger partial charge in [0.1, 0.15) is 23.2 Å². The number of esters is 1. The first-order valence-corrected chi connectivity index (χ1v) is 16.5. The Morgan fingerprint density at radius 2 is 1.91 bits per heavy atom. The number of carbonyl (C=O) groups excluding carboxylic acids is 2. The van der Waals surface area contributed by atoms with Crippen molar-refractivity contribution in [2.24, 2.45) is 11.8 Å². The fraction of sp³-hybridized carbons (Fsp3) is 0.556. The zero-order valence-corrected chi connectivity index (χ0v) is 26.5. The fourth-order valence-electron chi connectivity index (χ4n) is 9.04. The molecule has 7 nitrogen and oxygen atoms in total. The van der Waals surface area contributed by atoms with Crippen molar-refractivity contribution in [2.75, 3.05) is 19.6 Å². The van der Waals surface area contributed by atoms with Crippen molar-refractivity contribution in [1.82, 2.24) is 9.80 Å². The second-order valence-corrected chi connectivity index (χ2v) is 14.1. The lowest BCUT2D eigenvalue weighted by Crippen LogP contribution is -2.79. The van der Waals surface area contributed by atoms with Crippen LogP contribution in [0.15, 0.2) is 48.5 Å². The summed E-state index contributed by atoms with van der Waals surface area (Å²) in [5.74, 6) is 0.774. The maximum absolute atomic E-state index is 14.1. The van der Waals surface area contributed by atoms with Crippen LogP contribution in [0.2, 0.25) is 0 Å². The summed E-state index contributed by atoms with van der Waals surface area (Å²) in [6.45, 7) is 7.97. The molecule has 3 aliphatic carbocycles. The van der Waals surface area contributed by atoms with Gasteiger partial charge in [0, 0.05) is 31.7 Å². The number of piperidine rings is 1. The number of alkyl halides is 3. The van der Waals surface area contributed by atoms with Crippen LogP contribution >= 0.6 is 0 Å². The van der Waals surface area contributed by atoms with Gasteiger partial charge in [-0.2, -0.15) is 0 Å². The largest absolute Gasteiger partial charge is 0.573 e. The van der Waals surface area contributed by atoms with Crippen LogP contribution in [-0.2, 0) is 26.2 Å². The minimum atomic E-state index is -4.81. The Bertz CT molecular complexity index is 1550. The Morgan fingerprint density at radius 1 is 1.13 bits per heavy atom. The molecular formula is C36H41F3N2O5. The van der Waals surface area contributed by atoms with E-state index in [1.54, 1.807) is 6.07 Å². The van der Waals surface area contributed by atoms with Crippen LogP contribution in [0, 0.1) is 11.8 Å². The Hall–Kier alpha value is -3.53. The van der Waals surface area contributed by atoms with Crippen LogP contribution in [-0.4, -0.2) is 71.5 Å². The van der Waals surface area contributed by atoms with E-state index in [-0.39, 0.29) is 35.6 Å². The molecule has 7 rings (SSSR count). The van der Waals surface area contributed by atoms with E-state index >= 15 is 0 Å². The number of carbonyl (C=O) groups is 2. The molecule has 246 valence electrons. The number of hydrogen-bond acceptors (Lipinski definition) is 6. The quantitative estimate of drug-likeness (QED) is 0.238. The van der Waals surface area contributed by atoms with Gasteiger partial charge < -0.3 is 19.1 Å². The van der Waals surface area contributed by atoms with E-state index in [4.69, 9.17) is 9.47 Å². The molecule has 2 saturated carbocycles. The van der Waals surface area contributed by atoms with E-state index in [1.165, 1.54) is 55.7 Å². The number of hydrogen-bond donors (Lipinski definition) is 0. The lowest BCUT2D eigenvalue weighted by molar-refractivity contribution is -0.274. The first-order valence-electron chi connectivity index (χ1n) is 16.5. The van der Waals surface area contributed by atoms with E-state index < -0.39 is 23.5 Å². The number of benzene rings is 2. The number of amides is 1. The zero-order chi connectivity index (χ0) is 32.4. The summed E-state index contributed by atoms with van der Waals surface area (Å²) >= 11 is 0. The molecule has 3 fully saturated rings. The third-order valence-corrected chi connectivity index (χ3v) is 10.7. The highest BCUT2D eigenvalue weighted by Crippen LogP contribution is 2.66. The van der Waals surface area contributed by atoms with E-state index in [0.717, 1.165) is 37.2 Å². The second-order valence-electron chi connectivity index (χ2n) is 14.1. The van der Waals surface area contributed by atoms with Crippen molar-refractivity contribution >= 4 is 18.0 Å². The van der Waals surface area contributed by atoms with Gasteiger partial charge in [-0.1, -0.05) is 38.1 Å². The number of halogens is 3. The third kappa shape index (κ3) is 5.26. The van der Waals surface area contributed by atoms with Crippen molar-refractivity contribution in [2.45, 2.75) is 94.9 Å². The molecule has 2 bridgehead atoms. The highest BCUT2D eigenvalue weighted by atomic mass is 19.4. The number of ether oxygens (including phenoxy) is 3. The van der Waals surface area contributed by atoms with Crippen molar-refractivity contribution < 1.29 is 37.0 Å². The molecule has 2 aliphatic heterocycles. The summed E-state index contributed by atoms with van der Waals surface area (Å²) in [7, 11) is 0. The molecule has 0 aromatic heterocycles. The summed E-state index contributed by atoms with van der Waals surface area (Å²) in [6.07, 6.45) is 2.97.